The minimum Gasteiger partial charge on any atom is -0.309 e. The Balaban J connectivity index is 0.986. The molecule has 0 spiro atoms. The summed E-state index contributed by atoms with van der Waals surface area (Å²) >= 11 is 0. The van der Waals surface area contributed by atoms with Crippen LogP contribution in [-0.2, 0) is 0 Å². The molecule has 0 unspecified atom stereocenters. The molecule has 3 heterocycles. The molecule has 0 aliphatic rings. The third-order valence-electron chi connectivity index (χ3n) is 11.7. The largest absolute Gasteiger partial charge is 0.309 e. The van der Waals surface area contributed by atoms with Crippen molar-refractivity contribution < 1.29 is 0 Å². The third kappa shape index (κ3) is 5.52. The number of aromatic nitrogens is 5. The predicted molar refractivity (Wildman–Crippen MR) is 248 cm³/mol. The van der Waals surface area contributed by atoms with Crippen LogP contribution in [0.4, 0.5) is 0 Å². The molecule has 0 bridgehead atoms. The van der Waals surface area contributed by atoms with Crippen LogP contribution in [-0.4, -0.2) is 24.1 Å². The molecular formula is C55H35N5. The minimum absolute atomic E-state index is 0.631. The first-order chi connectivity index (χ1) is 29.7. The van der Waals surface area contributed by atoms with Crippen molar-refractivity contribution in [2.24, 2.45) is 0 Å². The van der Waals surface area contributed by atoms with Crippen LogP contribution in [0.15, 0.2) is 212 Å². The maximum atomic E-state index is 5.03. The quantitative estimate of drug-likeness (QED) is 0.169. The van der Waals surface area contributed by atoms with Crippen LogP contribution in [0.1, 0.15) is 0 Å². The van der Waals surface area contributed by atoms with Gasteiger partial charge < -0.3 is 9.13 Å². The van der Waals surface area contributed by atoms with Gasteiger partial charge in [-0.1, -0.05) is 152 Å². The molecule has 5 nitrogen and oxygen atoms in total. The lowest BCUT2D eigenvalue weighted by atomic mass is 9.97. The van der Waals surface area contributed by atoms with Gasteiger partial charge in [0, 0.05) is 49.6 Å². The Bertz CT molecular complexity index is 3530. The van der Waals surface area contributed by atoms with Crippen LogP contribution in [0.2, 0.25) is 0 Å². The smallest absolute Gasteiger partial charge is 0.164 e. The molecule has 3 aromatic heterocycles. The van der Waals surface area contributed by atoms with Crippen molar-refractivity contribution in [3.63, 3.8) is 0 Å². The molecule has 0 N–H and O–H groups in total. The van der Waals surface area contributed by atoms with Crippen LogP contribution in [0.5, 0.6) is 0 Å². The van der Waals surface area contributed by atoms with Gasteiger partial charge in [-0.3, -0.25) is 0 Å². The van der Waals surface area contributed by atoms with Gasteiger partial charge in [-0.25, -0.2) is 15.0 Å². The monoisotopic (exact) mass is 765 g/mol. The van der Waals surface area contributed by atoms with E-state index in [1.165, 1.54) is 54.5 Å². The van der Waals surface area contributed by atoms with Crippen LogP contribution in [0, 0.1) is 0 Å². The first kappa shape index (κ1) is 33.9. The number of hydrogen-bond donors (Lipinski definition) is 0. The van der Waals surface area contributed by atoms with Crippen molar-refractivity contribution in [3.05, 3.63) is 212 Å². The van der Waals surface area contributed by atoms with E-state index in [2.05, 4.69) is 161 Å². The summed E-state index contributed by atoms with van der Waals surface area (Å²) in [6, 6.07) is 75.2. The molecule has 0 radical (unpaired) electrons. The van der Waals surface area contributed by atoms with Gasteiger partial charge in [0.15, 0.2) is 17.5 Å². The first-order valence-corrected chi connectivity index (χ1v) is 20.3. The average Bonchev–Trinajstić information content (AvgIpc) is 3.85. The zero-order chi connectivity index (χ0) is 39.6. The second-order valence-corrected chi connectivity index (χ2v) is 15.3. The molecule has 280 valence electrons. The number of hydrogen-bond acceptors (Lipinski definition) is 3. The highest BCUT2D eigenvalue weighted by atomic mass is 15.0. The van der Waals surface area contributed by atoms with E-state index < -0.39 is 0 Å². The van der Waals surface area contributed by atoms with E-state index in [1.54, 1.807) is 0 Å². The zero-order valence-corrected chi connectivity index (χ0v) is 32.4. The molecule has 12 aromatic rings. The zero-order valence-electron chi connectivity index (χ0n) is 32.4. The number of fused-ring (bicyclic) bond motifs is 8. The molecule has 0 saturated heterocycles. The van der Waals surface area contributed by atoms with Crippen molar-refractivity contribution >= 4 is 54.4 Å². The van der Waals surface area contributed by atoms with Crippen molar-refractivity contribution in [1.29, 1.82) is 0 Å². The molecule has 0 saturated carbocycles. The summed E-state index contributed by atoms with van der Waals surface area (Å²) in [6.07, 6.45) is 0. The summed E-state index contributed by atoms with van der Waals surface area (Å²) in [5, 5.41) is 7.37. The van der Waals surface area contributed by atoms with Crippen molar-refractivity contribution in [3.8, 4) is 56.7 Å². The predicted octanol–water partition coefficient (Wildman–Crippen LogP) is 13.9. The summed E-state index contributed by atoms with van der Waals surface area (Å²) in [5.74, 6) is 1.92. The number of benzene rings is 9. The number of para-hydroxylation sites is 3. The normalized spacial score (nSPS) is 11.7. The Labute approximate surface area is 346 Å². The highest BCUT2D eigenvalue weighted by Gasteiger charge is 2.18. The molecule has 0 atom stereocenters. The SMILES string of the molecule is c1ccc(-c2nc(-c3ccccc3)nc(-c3cccc(-n4c5ccccc5c5c6ccc(-c7ccc8c(c7)c7ccccc7n8-c7ccccc7)cc6ccc54)c3)n2)cc1. The summed E-state index contributed by atoms with van der Waals surface area (Å²) in [5.41, 5.74) is 12.1. The molecule has 0 aliphatic heterocycles. The Kier molecular flexibility index (Phi) is 7.78. The molecule has 60 heavy (non-hydrogen) atoms. The summed E-state index contributed by atoms with van der Waals surface area (Å²) < 4.78 is 4.74. The fourth-order valence-electron chi connectivity index (χ4n) is 8.98. The van der Waals surface area contributed by atoms with Crippen LogP contribution >= 0.6 is 0 Å². The van der Waals surface area contributed by atoms with Gasteiger partial charge in [0.05, 0.1) is 22.1 Å². The van der Waals surface area contributed by atoms with Crippen LogP contribution in [0.25, 0.3) is 111 Å². The van der Waals surface area contributed by atoms with E-state index in [-0.39, 0.29) is 0 Å². The Morgan fingerprint density at radius 2 is 0.767 bits per heavy atom. The van der Waals surface area contributed by atoms with Crippen LogP contribution < -0.4 is 0 Å². The lowest BCUT2D eigenvalue weighted by molar-refractivity contribution is 1.07. The average molecular weight is 766 g/mol. The maximum absolute atomic E-state index is 5.03. The molecule has 12 rings (SSSR count). The molecular weight excluding hydrogens is 731 g/mol. The topological polar surface area (TPSA) is 48.5 Å². The highest BCUT2D eigenvalue weighted by Crippen LogP contribution is 2.40. The fourth-order valence-corrected chi connectivity index (χ4v) is 8.98. The molecule has 0 aliphatic carbocycles. The first-order valence-electron chi connectivity index (χ1n) is 20.3. The Morgan fingerprint density at radius 3 is 1.48 bits per heavy atom. The van der Waals surface area contributed by atoms with Crippen molar-refractivity contribution in [2.45, 2.75) is 0 Å². The number of nitrogens with zero attached hydrogens (tertiary/aromatic N) is 5. The summed E-state index contributed by atoms with van der Waals surface area (Å²) in [4.78, 5) is 15.0. The van der Waals surface area contributed by atoms with Gasteiger partial charge in [-0.15, -0.1) is 0 Å². The standard InChI is InChI=1S/C55H35N5/c1-4-15-36(16-5-1)53-56-54(37-17-6-2-7-18-37)58-55(57-53)41-19-14-22-43(34-41)60-49-26-13-11-24-46(49)52-44-30-27-38(33-40(44)29-32-51(52)60)39-28-31-50-47(35-39)45-23-10-12-25-48(45)59(50)42-20-8-3-9-21-42/h1-35H. The highest BCUT2D eigenvalue weighted by molar-refractivity contribution is 6.22. The van der Waals surface area contributed by atoms with E-state index in [0.29, 0.717) is 17.5 Å². The minimum atomic E-state index is 0.631. The van der Waals surface area contributed by atoms with Crippen molar-refractivity contribution in [1.82, 2.24) is 24.1 Å². The van der Waals surface area contributed by atoms with E-state index in [4.69, 9.17) is 15.0 Å². The van der Waals surface area contributed by atoms with Gasteiger partial charge in [0.2, 0.25) is 0 Å². The molecule has 9 aromatic carbocycles. The lowest BCUT2D eigenvalue weighted by Crippen LogP contribution is -2.01. The van der Waals surface area contributed by atoms with Gasteiger partial charge in [0.25, 0.3) is 0 Å². The molecule has 0 amide bonds. The van der Waals surface area contributed by atoms with E-state index in [9.17, 15) is 0 Å². The Morgan fingerprint density at radius 1 is 0.267 bits per heavy atom. The second-order valence-electron chi connectivity index (χ2n) is 15.3. The molecule has 5 heteroatoms. The number of rotatable bonds is 6. The van der Waals surface area contributed by atoms with Gasteiger partial charge in [-0.2, -0.15) is 0 Å². The van der Waals surface area contributed by atoms with E-state index in [1.807, 2.05) is 60.7 Å². The van der Waals surface area contributed by atoms with Crippen molar-refractivity contribution in [2.75, 3.05) is 0 Å². The third-order valence-corrected chi connectivity index (χ3v) is 11.7. The summed E-state index contributed by atoms with van der Waals surface area (Å²) in [6.45, 7) is 0. The van der Waals surface area contributed by atoms with Gasteiger partial charge in [-0.05, 0) is 82.6 Å². The molecule has 0 fully saturated rings. The Hall–Kier alpha value is -8.15. The fraction of sp³-hybridized carbons (Fsp3) is 0. The lowest BCUT2D eigenvalue weighted by Gasteiger charge is -2.12. The maximum Gasteiger partial charge on any atom is 0.164 e. The van der Waals surface area contributed by atoms with Gasteiger partial charge >= 0.3 is 0 Å². The van der Waals surface area contributed by atoms with Gasteiger partial charge in [0.1, 0.15) is 0 Å². The van der Waals surface area contributed by atoms with Crippen LogP contribution in [0.3, 0.4) is 0 Å². The second kappa shape index (κ2) is 13.8. The van der Waals surface area contributed by atoms with E-state index in [0.717, 1.165) is 39.1 Å². The van der Waals surface area contributed by atoms with E-state index >= 15 is 0 Å². The summed E-state index contributed by atoms with van der Waals surface area (Å²) in [7, 11) is 0.